The molecule has 0 aromatic heterocycles. The molecule has 0 heterocycles. The van der Waals surface area contributed by atoms with Crippen LogP contribution in [0.1, 0.15) is 303 Å². The van der Waals surface area contributed by atoms with Crippen molar-refractivity contribution >= 4 is 13.7 Å². The van der Waals surface area contributed by atoms with E-state index >= 15 is 0 Å². The molecule has 0 saturated heterocycles. The van der Waals surface area contributed by atoms with E-state index in [1.165, 1.54) is 244 Å². The minimum Gasteiger partial charge on any atom is -0.756 e. The largest absolute Gasteiger partial charge is 0.756 e. The normalized spacial score (nSPS) is 14.0. The number of nitrogens with one attached hydrogen (secondary N) is 1. The number of phosphoric ester groups is 1. The summed E-state index contributed by atoms with van der Waals surface area (Å²) in [6.07, 6.45) is 65.8. The second-order valence-electron chi connectivity index (χ2n) is 22.1. The minimum absolute atomic E-state index is 0.00399. The molecular formula is C60H119N2O6P. The number of quaternary nitrogens is 1. The highest BCUT2D eigenvalue weighted by Crippen LogP contribution is 2.38. The van der Waals surface area contributed by atoms with Gasteiger partial charge in [-0.15, -0.1) is 0 Å². The quantitative estimate of drug-likeness (QED) is 0.0272. The van der Waals surface area contributed by atoms with Crippen molar-refractivity contribution in [3.05, 3.63) is 24.3 Å². The number of hydrogen-bond donors (Lipinski definition) is 2. The summed E-state index contributed by atoms with van der Waals surface area (Å²) in [5, 5.41) is 13.8. The van der Waals surface area contributed by atoms with E-state index < -0.39 is 20.0 Å². The molecule has 0 bridgehead atoms. The molecule has 8 nitrogen and oxygen atoms in total. The summed E-state index contributed by atoms with van der Waals surface area (Å²) in [7, 11) is 1.26. The Labute approximate surface area is 430 Å². The molecule has 0 aromatic rings. The van der Waals surface area contributed by atoms with Gasteiger partial charge in [0.1, 0.15) is 13.2 Å². The molecule has 0 fully saturated rings. The Morgan fingerprint density at radius 1 is 0.493 bits per heavy atom. The van der Waals surface area contributed by atoms with Crippen LogP contribution in [0.15, 0.2) is 24.3 Å². The van der Waals surface area contributed by atoms with Gasteiger partial charge >= 0.3 is 0 Å². The number of aliphatic hydroxyl groups is 1. The molecule has 9 heteroatoms. The molecule has 0 aromatic carbocycles. The molecule has 69 heavy (non-hydrogen) atoms. The standard InChI is InChI=1S/C60H119N2O6P/c1-6-8-10-12-14-16-18-20-21-22-23-24-25-26-27-28-29-30-31-32-33-34-35-36-37-38-39-40-42-44-46-48-50-52-54-60(64)61-58(57-68-69(65,66)67-56-55-62(3,4)5)59(63)53-51-49-47-45-43-41-19-17-15-13-11-9-7-2/h43,45,51,53,58-59,63H,6-42,44,46-50,52,54-57H2,1-5H3,(H-,61,64,65,66)/b45-43+,53-51+. The first-order valence-electron chi connectivity index (χ1n) is 30.2. The molecule has 410 valence electrons. The summed E-state index contributed by atoms with van der Waals surface area (Å²) in [5.41, 5.74) is 0. The monoisotopic (exact) mass is 995 g/mol. The second kappa shape index (κ2) is 51.9. The Balaban J connectivity index is 3.94. The van der Waals surface area contributed by atoms with Crippen molar-refractivity contribution in [2.24, 2.45) is 0 Å². The third-order valence-electron chi connectivity index (χ3n) is 13.9. The Hall–Kier alpha value is -1.02. The van der Waals surface area contributed by atoms with Gasteiger partial charge in [0.2, 0.25) is 5.91 Å². The van der Waals surface area contributed by atoms with Gasteiger partial charge in [0.25, 0.3) is 7.82 Å². The zero-order valence-electron chi connectivity index (χ0n) is 46.8. The van der Waals surface area contributed by atoms with Gasteiger partial charge in [-0.25, -0.2) is 0 Å². The molecule has 0 rings (SSSR count). The third kappa shape index (κ3) is 54.6. The average molecular weight is 996 g/mol. The van der Waals surface area contributed by atoms with Crippen molar-refractivity contribution in [3.63, 3.8) is 0 Å². The van der Waals surface area contributed by atoms with Gasteiger partial charge in [-0.3, -0.25) is 9.36 Å². The zero-order valence-corrected chi connectivity index (χ0v) is 47.7. The van der Waals surface area contributed by atoms with Crippen LogP contribution in [0.5, 0.6) is 0 Å². The Morgan fingerprint density at radius 2 is 0.812 bits per heavy atom. The Morgan fingerprint density at radius 3 is 1.17 bits per heavy atom. The fourth-order valence-corrected chi connectivity index (χ4v) is 9.90. The Kier molecular flexibility index (Phi) is 51.1. The first kappa shape index (κ1) is 68.0. The van der Waals surface area contributed by atoms with Crippen LogP contribution in [0.3, 0.4) is 0 Å². The lowest BCUT2D eigenvalue weighted by Crippen LogP contribution is -2.45. The highest BCUT2D eigenvalue weighted by atomic mass is 31.2. The number of hydrogen-bond acceptors (Lipinski definition) is 6. The predicted octanol–water partition coefficient (Wildman–Crippen LogP) is 17.7. The van der Waals surface area contributed by atoms with Crippen molar-refractivity contribution in [2.45, 2.75) is 315 Å². The predicted molar refractivity (Wildman–Crippen MR) is 298 cm³/mol. The third-order valence-corrected chi connectivity index (χ3v) is 14.9. The summed E-state index contributed by atoms with van der Waals surface area (Å²) in [6.45, 7) is 4.65. The van der Waals surface area contributed by atoms with Crippen molar-refractivity contribution in [1.29, 1.82) is 0 Å². The Bertz CT molecular complexity index is 1170. The van der Waals surface area contributed by atoms with E-state index in [4.69, 9.17) is 9.05 Å². The molecule has 3 atom stereocenters. The van der Waals surface area contributed by atoms with Crippen LogP contribution in [-0.2, 0) is 18.4 Å². The average Bonchev–Trinajstić information content (AvgIpc) is 3.31. The number of phosphoric acid groups is 1. The van der Waals surface area contributed by atoms with Gasteiger partial charge in [-0.1, -0.05) is 289 Å². The van der Waals surface area contributed by atoms with Crippen molar-refractivity contribution in [2.75, 3.05) is 40.9 Å². The number of carbonyl (C=O) groups is 1. The number of likely N-dealkylation sites (N-methyl/N-ethyl adjacent to an activating group) is 1. The summed E-state index contributed by atoms with van der Waals surface area (Å²) in [4.78, 5) is 25.4. The fourth-order valence-electron chi connectivity index (χ4n) is 9.17. The van der Waals surface area contributed by atoms with Crippen LogP contribution in [0.25, 0.3) is 0 Å². The van der Waals surface area contributed by atoms with Crippen LogP contribution in [0.4, 0.5) is 0 Å². The first-order valence-corrected chi connectivity index (χ1v) is 31.7. The van der Waals surface area contributed by atoms with E-state index in [1.54, 1.807) is 6.08 Å². The van der Waals surface area contributed by atoms with Crippen LogP contribution in [0.2, 0.25) is 0 Å². The second-order valence-corrected chi connectivity index (χ2v) is 23.5. The van der Waals surface area contributed by atoms with E-state index in [0.717, 1.165) is 38.5 Å². The number of rotatable bonds is 56. The summed E-state index contributed by atoms with van der Waals surface area (Å²) in [6, 6.07) is -0.899. The van der Waals surface area contributed by atoms with E-state index in [1.807, 2.05) is 27.2 Å². The molecule has 0 aliphatic carbocycles. The van der Waals surface area contributed by atoms with Crippen LogP contribution in [0, 0.1) is 0 Å². The lowest BCUT2D eigenvalue weighted by molar-refractivity contribution is -0.870. The van der Waals surface area contributed by atoms with Crippen LogP contribution < -0.4 is 10.2 Å². The number of aliphatic hydroxyl groups excluding tert-OH is 1. The molecule has 0 radical (unpaired) electrons. The van der Waals surface area contributed by atoms with Crippen molar-refractivity contribution < 1.29 is 32.9 Å². The molecule has 0 aliphatic rings. The number of carbonyl (C=O) groups excluding carboxylic acids is 1. The summed E-state index contributed by atoms with van der Waals surface area (Å²) < 4.78 is 23.3. The zero-order chi connectivity index (χ0) is 50.6. The molecule has 2 N–H and O–H groups in total. The maximum Gasteiger partial charge on any atom is 0.268 e. The highest BCUT2D eigenvalue weighted by molar-refractivity contribution is 7.45. The number of allylic oxidation sites excluding steroid dienone is 3. The smallest absolute Gasteiger partial charge is 0.268 e. The SMILES string of the molecule is CCCCCCCCC/C=C/CC/C=C/C(O)C(COP(=O)([O-])OCC[N+](C)(C)C)NC(=O)CCCCCCCCCCCCCCCCCCCCCCCCCCCCCCCCCCCC. The van der Waals surface area contributed by atoms with E-state index in [0.29, 0.717) is 17.4 Å². The van der Waals surface area contributed by atoms with Crippen molar-refractivity contribution in [1.82, 2.24) is 5.32 Å². The van der Waals surface area contributed by atoms with E-state index in [2.05, 4.69) is 31.3 Å². The lowest BCUT2D eigenvalue weighted by atomic mass is 10.0. The number of amides is 1. The van der Waals surface area contributed by atoms with E-state index in [9.17, 15) is 19.4 Å². The summed E-state index contributed by atoms with van der Waals surface area (Å²) in [5.74, 6) is -0.202. The molecular weight excluding hydrogens is 876 g/mol. The van der Waals surface area contributed by atoms with E-state index in [-0.39, 0.29) is 19.1 Å². The molecule has 1 amide bonds. The first-order chi connectivity index (χ1) is 33.5. The van der Waals surface area contributed by atoms with Gasteiger partial charge in [0.15, 0.2) is 0 Å². The molecule has 0 saturated carbocycles. The van der Waals surface area contributed by atoms with Gasteiger partial charge in [0.05, 0.1) is 39.9 Å². The van der Waals surface area contributed by atoms with Gasteiger partial charge in [0, 0.05) is 6.42 Å². The fraction of sp³-hybridized carbons (Fsp3) is 0.917. The van der Waals surface area contributed by atoms with Gasteiger partial charge in [-0.05, 0) is 32.1 Å². The van der Waals surface area contributed by atoms with Crippen LogP contribution >= 0.6 is 7.82 Å². The lowest BCUT2D eigenvalue weighted by Gasteiger charge is -2.29. The molecule has 0 aliphatic heterocycles. The van der Waals surface area contributed by atoms with Gasteiger partial charge < -0.3 is 28.8 Å². The maximum absolute atomic E-state index is 12.9. The highest BCUT2D eigenvalue weighted by Gasteiger charge is 2.23. The molecule has 0 spiro atoms. The number of unbranched alkanes of at least 4 members (excludes halogenated alkanes) is 41. The van der Waals surface area contributed by atoms with Crippen LogP contribution in [-0.4, -0.2) is 68.5 Å². The van der Waals surface area contributed by atoms with Gasteiger partial charge in [-0.2, -0.15) is 0 Å². The maximum atomic E-state index is 12.9. The topological polar surface area (TPSA) is 108 Å². The summed E-state index contributed by atoms with van der Waals surface area (Å²) >= 11 is 0. The number of nitrogens with zero attached hydrogens (tertiary/aromatic N) is 1. The minimum atomic E-state index is -4.60. The molecule has 3 unspecified atom stereocenters. The van der Waals surface area contributed by atoms with Crippen molar-refractivity contribution in [3.8, 4) is 0 Å².